The molecule has 2 heterocycles. The summed E-state index contributed by atoms with van der Waals surface area (Å²) in [7, 11) is 0. The summed E-state index contributed by atoms with van der Waals surface area (Å²) in [5.74, 6) is 0.450. The number of rotatable bonds is 6. The highest BCUT2D eigenvalue weighted by Crippen LogP contribution is 2.46. The van der Waals surface area contributed by atoms with Crippen molar-refractivity contribution in [3.63, 3.8) is 0 Å². The molecule has 1 saturated carbocycles. The third-order valence-corrected chi connectivity index (χ3v) is 6.94. The van der Waals surface area contributed by atoms with Crippen molar-refractivity contribution in [2.75, 3.05) is 6.61 Å². The van der Waals surface area contributed by atoms with E-state index in [-0.39, 0.29) is 36.5 Å². The Morgan fingerprint density at radius 2 is 2.21 bits per heavy atom. The van der Waals surface area contributed by atoms with Crippen molar-refractivity contribution in [1.29, 1.82) is 0 Å². The van der Waals surface area contributed by atoms with E-state index >= 15 is 0 Å². The van der Waals surface area contributed by atoms with Crippen molar-refractivity contribution >= 4 is 11.3 Å². The molecule has 2 aromatic rings. The van der Waals surface area contributed by atoms with Crippen molar-refractivity contribution in [1.82, 2.24) is 4.98 Å². The normalized spacial score (nSPS) is 29.6. The zero-order valence-corrected chi connectivity index (χ0v) is 16.7. The van der Waals surface area contributed by atoms with Crippen LogP contribution in [-0.2, 0) is 17.8 Å². The topological polar surface area (TPSA) is 71.8 Å². The summed E-state index contributed by atoms with van der Waals surface area (Å²) < 4.78 is 26.0. The Labute approximate surface area is 168 Å². The Bertz CT molecular complexity index is 813. The highest BCUT2D eigenvalue weighted by atomic mass is 32.1. The van der Waals surface area contributed by atoms with E-state index in [4.69, 9.17) is 9.47 Å². The predicted molar refractivity (Wildman–Crippen MR) is 104 cm³/mol. The van der Waals surface area contributed by atoms with Crippen LogP contribution in [0.4, 0.5) is 4.39 Å². The highest BCUT2D eigenvalue weighted by Gasteiger charge is 2.47. The van der Waals surface area contributed by atoms with Gasteiger partial charge in [-0.15, -0.1) is 11.3 Å². The van der Waals surface area contributed by atoms with Gasteiger partial charge < -0.3 is 19.7 Å². The molecule has 5 atom stereocenters. The van der Waals surface area contributed by atoms with E-state index in [1.165, 1.54) is 17.4 Å². The van der Waals surface area contributed by atoms with Crippen LogP contribution in [0.2, 0.25) is 0 Å². The third-order valence-electron chi connectivity index (χ3n) is 5.95. The van der Waals surface area contributed by atoms with Crippen LogP contribution >= 0.6 is 11.3 Å². The fraction of sp³-hybridized carbons (Fsp3) is 0.571. The Morgan fingerprint density at radius 1 is 1.36 bits per heavy atom. The van der Waals surface area contributed by atoms with Crippen molar-refractivity contribution in [3.05, 3.63) is 45.7 Å². The lowest BCUT2D eigenvalue weighted by Gasteiger charge is -2.33. The molecule has 2 N–H and O–H groups in total. The van der Waals surface area contributed by atoms with Crippen LogP contribution in [0.5, 0.6) is 5.75 Å². The molecule has 5 nitrogen and oxygen atoms in total. The van der Waals surface area contributed by atoms with Crippen molar-refractivity contribution < 1.29 is 24.1 Å². The predicted octanol–water partition coefficient (Wildman–Crippen LogP) is 3.63. The van der Waals surface area contributed by atoms with Gasteiger partial charge in [-0.1, -0.05) is 13.0 Å². The van der Waals surface area contributed by atoms with Crippen molar-refractivity contribution in [2.24, 2.45) is 11.8 Å². The van der Waals surface area contributed by atoms with Crippen molar-refractivity contribution in [2.45, 2.75) is 57.5 Å². The van der Waals surface area contributed by atoms with Crippen molar-refractivity contribution in [3.8, 4) is 5.75 Å². The molecule has 1 aromatic carbocycles. The number of fused-ring (bicyclic) bond motifs is 1. The van der Waals surface area contributed by atoms with E-state index in [0.29, 0.717) is 36.5 Å². The molecule has 0 radical (unpaired) electrons. The standard InChI is InChI=1S/C21H26FNO4S/c1-2-12-3-4-14(7-17(12)22)26-10-16-15-5-6-19(27-20(15)8-18(16)25)21-23-13(9-24)11-28-21/h3-4,7,11,15-16,18-20,24-25H,2,5-6,8-10H2,1H3/t15-,16-,18-,19-,20+/m1/s1. The molecule has 0 spiro atoms. The minimum absolute atomic E-state index is 0.0239. The van der Waals surface area contributed by atoms with Gasteiger partial charge in [-0.3, -0.25) is 0 Å². The fourth-order valence-corrected chi connectivity index (χ4v) is 5.26. The van der Waals surface area contributed by atoms with E-state index in [1.54, 1.807) is 12.1 Å². The van der Waals surface area contributed by atoms with Gasteiger partial charge in [0, 0.05) is 23.8 Å². The molecule has 7 heteroatoms. The Morgan fingerprint density at radius 3 is 2.93 bits per heavy atom. The van der Waals surface area contributed by atoms with E-state index in [1.807, 2.05) is 12.3 Å². The van der Waals surface area contributed by atoms with Gasteiger partial charge in [-0.2, -0.15) is 0 Å². The molecule has 4 rings (SSSR count). The lowest BCUT2D eigenvalue weighted by molar-refractivity contribution is -0.0812. The lowest BCUT2D eigenvalue weighted by Crippen LogP contribution is -2.33. The number of hydrogen-bond donors (Lipinski definition) is 2. The maximum Gasteiger partial charge on any atom is 0.130 e. The molecule has 1 aliphatic carbocycles. The summed E-state index contributed by atoms with van der Waals surface area (Å²) in [6.45, 7) is 2.21. The van der Waals surface area contributed by atoms with Crippen LogP contribution in [0.25, 0.3) is 0 Å². The number of aliphatic hydroxyl groups is 2. The number of benzene rings is 1. The zero-order valence-electron chi connectivity index (χ0n) is 15.9. The summed E-state index contributed by atoms with van der Waals surface area (Å²) >= 11 is 1.51. The van der Waals surface area contributed by atoms with Gasteiger partial charge in [0.2, 0.25) is 0 Å². The molecular formula is C21H26FNO4S. The summed E-state index contributed by atoms with van der Waals surface area (Å²) in [4.78, 5) is 4.42. The number of hydrogen-bond acceptors (Lipinski definition) is 6. The van der Waals surface area contributed by atoms with Gasteiger partial charge in [0.15, 0.2) is 0 Å². The first-order chi connectivity index (χ1) is 13.6. The molecule has 152 valence electrons. The van der Waals surface area contributed by atoms with Gasteiger partial charge in [0.1, 0.15) is 22.7 Å². The van der Waals surface area contributed by atoms with Crippen LogP contribution < -0.4 is 4.74 Å². The van der Waals surface area contributed by atoms with Crippen LogP contribution in [0.3, 0.4) is 0 Å². The number of aliphatic hydroxyl groups excluding tert-OH is 2. The molecule has 1 aromatic heterocycles. The Balaban J connectivity index is 1.37. The summed E-state index contributed by atoms with van der Waals surface area (Å²) in [6, 6.07) is 4.96. The maximum atomic E-state index is 14.0. The van der Waals surface area contributed by atoms with Gasteiger partial charge >= 0.3 is 0 Å². The molecular weight excluding hydrogens is 381 g/mol. The van der Waals surface area contributed by atoms with E-state index < -0.39 is 6.10 Å². The SMILES string of the molecule is CCc1ccc(OC[C@@H]2[C@H]3CC[C@H](c4nc(CO)cs4)O[C@H]3C[C@H]2O)cc1F. The van der Waals surface area contributed by atoms with Crippen LogP contribution in [0, 0.1) is 17.7 Å². The number of halogens is 1. The lowest BCUT2D eigenvalue weighted by atomic mass is 9.87. The van der Waals surface area contributed by atoms with Crippen LogP contribution in [0.15, 0.2) is 23.6 Å². The number of thiazole rings is 1. The molecule has 0 bridgehead atoms. The number of aryl methyl sites for hydroxylation is 1. The second-order valence-electron chi connectivity index (χ2n) is 7.62. The first-order valence-corrected chi connectivity index (χ1v) is 10.8. The van der Waals surface area contributed by atoms with Crippen LogP contribution in [0.1, 0.15) is 48.6 Å². The van der Waals surface area contributed by atoms with Gasteiger partial charge in [-0.05, 0) is 36.8 Å². The first-order valence-electron chi connectivity index (χ1n) is 9.89. The minimum Gasteiger partial charge on any atom is -0.493 e. The highest BCUT2D eigenvalue weighted by molar-refractivity contribution is 7.09. The summed E-state index contributed by atoms with van der Waals surface area (Å²) in [5, 5.41) is 22.5. The number of ether oxygens (including phenoxy) is 2. The molecule has 1 aliphatic heterocycles. The average molecular weight is 408 g/mol. The fourth-order valence-electron chi connectivity index (χ4n) is 4.38. The maximum absolute atomic E-state index is 14.0. The monoisotopic (exact) mass is 407 g/mol. The summed E-state index contributed by atoms with van der Waals surface area (Å²) in [6.07, 6.45) is 2.40. The Hall–Kier alpha value is -1.54. The zero-order chi connectivity index (χ0) is 19.7. The van der Waals surface area contributed by atoms with E-state index in [0.717, 1.165) is 17.8 Å². The van der Waals surface area contributed by atoms with Gasteiger partial charge in [0.25, 0.3) is 0 Å². The van der Waals surface area contributed by atoms with Gasteiger partial charge in [0.05, 0.1) is 31.1 Å². The number of aromatic nitrogens is 1. The molecule has 0 unspecified atom stereocenters. The van der Waals surface area contributed by atoms with Gasteiger partial charge in [-0.25, -0.2) is 9.37 Å². The Kier molecular flexibility index (Phi) is 5.96. The molecule has 28 heavy (non-hydrogen) atoms. The van der Waals surface area contributed by atoms with E-state index in [9.17, 15) is 14.6 Å². The molecule has 2 aliphatic rings. The second-order valence-corrected chi connectivity index (χ2v) is 8.51. The smallest absolute Gasteiger partial charge is 0.130 e. The third kappa shape index (κ3) is 3.94. The van der Waals surface area contributed by atoms with Crippen LogP contribution in [-0.4, -0.2) is 34.0 Å². The number of nitrogens with zero attached hydrogens (tertiary/aromatic N) is 1. The second kappa shape index (κ2) is 8.45. The molecule has 1 saturated heterocycles. The van der Waals surface area contributed by atoms with E-state index in [2.05, 4.69) is 4.98 Å². The summed E-state index contributed by atoms with van der Waals surface area (Å²) in [5.41, 5.74) is 1.34. The minimum atomic E-state index is -0.488. The molecule has 2 fully saturated rings. The first kappa shape index (κ1) is 19.8. The average Bonchev–Trinajstić information content (AvgIpc) is 3.29. The quantitative estimate of drug-likeness (QED) is 0.765. The largest absolute Gasteiger partial charge is 0.493 e. The molecule has 0 amide bonds.